The Balaban J connectivity index is 2.36. The summed E-state index contributed by atoms with van der Waals surface area (Å²) in [7, 11) is 1.91. The van der Waals surface area contributed by atoms with Crippen LogP contribution in [0.1, 0.15) is 30.7 Å². The van der Waals surface area contributed by atoms with Gasteiger partial charge >= 0.3 is 0 Å². The van der Waals surface area contributed by atoms with Crippen molar-refractivity contribution in [2.24, 2.45) is 0 Å². The van der Waals surface area contributed by atoms with E-state index in [1.807, 2.05) is 31.3 Å². The van der Waals surface area contributed by atoms with Gasteiger partial charge in [0.15, 0.2) is 0 Å². The van der Waals surface area contributed by atoms with Gasteiger partial charge in [0.25, 0.3) is 0 Å². The monoisotopic (exact) mass is 237 g/mol. The van der Waals surface area contributed by atoms with Crippen LogP contribution in [0, 0.1) is 0 Å². The van der Waals surface area contributed by atoms with Crippen LogP contribution in [0.5, 0.6) is 0 Å². The first-order valence-electron chi connectivity index (χ1n) is 5.68. The van der Waals surface area contributed by atoms with Gasteiger partial charge in [0.1, 0.15) is 5.78 Å². The number of carbonyl (C=O) groups is 1. The first kappa shape index (κ1) is 11.6. The number of Topliss-reactive ketones (excluding diaryl/α,β-unsaturated/α-hetero) is 1. The van der Waals surface area contributed by atoms with Crippen LogP contribution in [0.3, 0.4) is 0 Å². The molecule has 2 rings (SSSR count). The van der Waals surface area contributed by atoms with Crippen LogP contribution >= 0.6 is 11.6 Å². The number of hydrogen-bond donors (Lipinski definition) is 1. The molecule has 1 aromatic rings. The number of carbonyl (C=O) groups excluding carboxylic acids is 1. The lowest BCUT2D eigenvalue weighted by atomic mass is 9.79. The van der Waals surface area contributed by atoms with Crippen molar-refractivity contribution in [3.63, 3.8) is 0 Å². The summed E-state index contributed by atoms with van der Waals surface area (Å²) in [6, 6.07) is 7.87. The number of hydrogen-bond acceptors (Lipinski definition) is 2. The molecule has 0 aromatic heterocycles. The average Bonchev–Trinajstić information content (AvgIpc) is 2.30. The molecule has 1 N–H and O–H groups in total. The number of benzene rings is 1. The van der Waals surface area contributed by atoms with Gasteiger partial charge in [0.05, 0.1) is 5.92 Å². The minimum Gasteiger partial charge on any atom is -0.316 e. The van der Waals surface area contributed by atoms with Gasteiger partial charge in [-0.2, -0.15) is 0 Å². The largest absolute Gasteiger partial charge is 0.316 e. The van der Waals surface area contributed by atoms with Crippen LogP contribution in [0.2, 0.25) is 5.02 Å². The van der Waals surface area contributed by atoms with Crippen LogP contribution < -0.4 is 5.32 Å². The Hall–Kier alpha value is -0.860. The number of likely N-dealkylation sites (N-methyl/N-ethyl adjacent to an activating group) is 1. The quantitative estimate of drug-likeness (QED) is 0.857. The molecule has 2 unspecified atom stereocenters. The van der Waals surface area contributed by atoms with E-state index in [4.69, 9.17) is 11.6 Å². The molecule has 16 heavy (non-hydrogen) atoms. The molecule has 3 heteroatoms. The highest BCUT2D eigenvalue weighted by Gasteiger charge is 2.33. The van der Waals surface area contributed by atoms with Crippen molar-refractivity contribution in [2.45, 2.75) is 31.2 Å². The van der Waals surface area contributed by atoms with Gasteiger partial charge in [-0.25, -0.2) is 0 Å². The van der Waals surface area contributed by atoms with Crippen LogP contribution in [0.4, 0.5) is 0 Å². The summed E-state index contributed by atoms with van der Waals surface area (Å²) >= 11 is 6.17. The lowest BCUT2D eigenvalue weighted by Gasteiger charge is -2.30. The van der Waals surface area contributed by atoms with Crippen molar-refractivity contribution in [3.05, 3.63) is 34.9 Å². The topological polar surface area (TPSA) is 29.1 Å². The fourth-order valence-corrected chi connectivity index (χ4v) is 2.72. The van der Waals surface area contributed by atoms with Crippen LogP contribution in [-0.4, -0.2) is 18.9 Å². The summed E-state index contributed by atoms with van der Waals surface area (Å²) in [6.45, 7) is 0. The van der Waals surface area contributed by atoms with E-state index >= 15 is 0 Å². The van der Waals surface area contributed by atoms with Gasteiger partial charge in [0.2, 0.25) is 0 Å². The van der Waals surface area contributed by atoms with E-state index in [1.165, 1.54) is 0 Å². The second-order valence-electron chi connectivity index (χ2n) is 4.25. The molecular weight excluding hydrogens is 222 g/mol. The zero-order chi connectivity index (χ0) is 11.5. The molecule has 1 aliphatic carbocycles. The first-order chi connectivity index (χ1) is 7.74. The summed E-state index contributed by atoms with van der Waals surface area (Å²) in [5, 5.41) is 3.93. The van der Waals surface area contributed by atoms with E-state index in [-0.39, 0.29) is 12.0 Å². The molecule has 0 saturated heterocycles. The normalized spacial score (nSPS) is 25.8. The summed E-state index contributed by atoms with van der Waals surface area (Å²) in [5.41, 5.74) is 0.966. The van der Waals surface area contributed by atoms with Crippen molar-refractivity contribution in [3.8, 4) is 0 Å². The van der Waals surface area contributed by atoms with Gasteiger partial charge in [-0.05, 0) is 31.5 Å². The van der Waals surface area contributed by atoms with Crippen LogP contribution in [0.25, 0.3) is 0 Å². The first-order valence-corrected chi connectivity index (χ1v) is 6.06. The molecule has 1 saturated carbocycles. The summed E-state index contributed by atoms with van der Waals surface area (Å²) in [6.07, 6.45) is 2.69. The zero-order valence-electron chi connectivity index (χ0n) is 9.37. The number of nitrogens with one attached hydrogen (secondary N) is 1. The Labute approximate surface area is 101 Å². The van der Waals surface area contributed by atoms with E-state index in [0.29, 0.717) is 17.2 Å². The van der Waals surface area contributed by atoms with Crippen molar-refractivity contribution >= 4 is 17.4 Å². The number of ketones is 1. The Morgan fingerprint density at radius 3 is 2.81 bits per heavy atom. The fraction of sp³-hybridized carbons (Fsp3) is 0.462. The molecule has 0 radical (unpaired) electrons. The summed E-state index contributed by atoms with van der Waals surface area (Å²) in [4.78, 5) is 12.0. The molecule has 0 spiro atoms. The van der Waals surface area contributed by atoms with Crippen LogP contribution in [0.15, 0.2) is 24.3 Å². The van der Waals surface area contributed by atoms with E-state index in [9.17, 15) is 4.79 Å². The third-order valence-electron chi connectivity index (χ3n) is 3.30. The summed E-state index contributed by atoms with van der Waals surface area (Å²) < 4.78 is 0. The third-order valence-corrected chi connectivity index (χ3v) is 3.64. The molecular formula is C13H16ClNO. The average molecular weight is 238 g/mol. The lowest BCUT2D eigenvalue weighted by Crippen LogP contribution is -2.39. The smallest absolute Gasteiger partial charge is 0.141 e. The van der Waals surface area contributed by atoms with Crippen molar-refractivity contribution in [2.75, 3.05) is 7.05 Å². The van der Waals surface area contributed by atoms with Crippen molar-refractivity contribution in [1.29, 1.82) is 0 Å². The van der Waals surface area contributed by atoms with Crippen molar-refractivity contribution in [1.82, 2.24) is 5.32 Å². The molecule has 1 aromatic carbocycles. The number of rotatable bonds is 2. The molecule has 2 atom stereocenters. The second kappa shape index (κ2) is 4.98. The van der Waals surface area contributed by atoms with Gasteiger partial charge in [-0.1, -0.05) is 29.8 Å². The zero-order valence-corrected chi connectivity index (χ0v) is 10.1. The Kier molecular flexibility index (Phi) is 3.62. The Morgan fingerprint density at radius 1 is 1.38 bits per heavy atom. The molecule has 1 aliphatic rings. The van der Waals surface area contributed by atoms with Gasteiger partial charge in [-0.3, -0.25) is 4.79 Å². The molecule has 0 aliphatic heterocycles. The van der Waals surface area contributed by atoms with Gasteiger partial charge in [0, 0.05) is 17.5 Å². The molecule has 0 bridgehead atoms. The number of halogens is 1. The molecule has 0 amide bonds. The predicted molar refractivity (Wildman–Crippen MR) is 65.9 cm³/mol. The SMILES string of the molecule is CNC1CCCC(=O)C1c1ccccc1Cl. The van der Waals surface area contributed by atoms with E-state index in [1.54, 1.807) is 0 Å². The maximum absolute atomic E-state index is 12.0. The van der Waals surface area contributed by atoms with E-state index in [0.717, 1.165) is 18.4 Å². The third kappa shape index (κ3) is 2.13. The minimum atomic E-state index is -0.0764. The highest BCUT2D eigenvalue weighted by Crippen LogP contribution is 2.34. The highest BCUT2D eigenvalue weighted by molar-refractivity contribution is 6.31. The maximum atomic E-state index is 12.0. The minimum absolute atomic E-state index is 0.0764. The van der Waals surface area contributed by atoms with Crippen LogP contribution in [-0.2, 0) is 4.79 Å². The molecule has 2 nitrogen and oxygen atoms in total. The standard InChI is InChI=1S/C13H16ClNO/c1-15-11-7-4-8-12(16)13(11)9-5-2-3-6-10(9)14/h2-3,5-6,11,13,15H,4,7-8H2,1H3. The molecule has 86 valence electrons. The van der Waals surface area contributed by atoms with E-state index in [2.05, 4.69) is 5.32 Å². The summed E-state index contributed by atoms with van der Waals surface area (Å²) in [5.74, 6) is 0.228. The second-order valence-corrected chi connectivity index (χ2v) is 4.66. The Bertz CT molecular complexity index is 391. The Morgan fingerprint density at radius 2 is 2.12 bits per heavy atom. The highest BCUT2D eigenvalue weighted by atomic mass is 35.5. The predicted octanol–water partition coefficient (Wildman–Crippen LogP) is 2.76. The van der Waals surface area contributed by atoms with Crippen molar-refractivity contribution < 1.29 is 4.79 Å². The molecule has 1 fully saturated rings. The lowest BCUT2D eigenvalue weighted by molar-refractivity contribution is -0.122. The van der Waals surface area contributed by atoms with Gasteiger partial charge < -0.3 is 5.32 Å². The van der Waals surface area contributed by atoms with E-state index < -0.39 is 0 Å². The maximum Gasteiger partial charge on any atom is 0.141 e. The van der Waals surface area contributed by atoms with Gasteiger partial charge in [-0.15, -0.1) is 0 Å². The fourth-order valence-electron chi connectivity index (χ4n) is 2.47. The molecule has 0 heterocycles.